The average Bonchev–Trinajstić information content (AvgIpc) is 3.16. The first kappa shape index (κ1) is 10.7. The molecule has 92 valence electrons. The van der Waals surface area contributed by atoms with Crippen LogP contribution in [0.3, 0.4) is 0 Å². The molecule has 1 aromatic heterocycles. The van der Waals surface area contributed by atoms with E-state index < -0.39 is 0 Å². The van der Waals surface area contributed by atoms with Gasteiger partial charge in [0.15, 0.2) is 0 Å². The molecule has 1 aromatic rings. The quantitative estimate of drug-likeness (QED) is 0.842. The first-order chi connectivity index (χ1) is 8.33. The molecule has 0 atom stereocenters. The summed E-state index contributed by atoms with van der Waals surface area (Å²) in [5.74, 6) is 2.60. The molecule has 5 nitrogen and oxygen atoms in total. The summed E-state index contributed by atoms with van der Waals surface area (Å²) in [6.45, 7) is 2.10. The van der Waals surface area contributed by atoms with E-state index in [0.717, 1.165) is 24.9 Å². The second-order valence-corrected chi connectivity index (χ2v) is 5.03. The zero-order chi connectivity index (χ0) is 11.7. The van der Waals surface area contributed by atoms with Gasteiger partial charge in [-0.2, -0.15) is 15.0 Å². The third-order valence-electron chi connectivity index (χ3n) is 3.49. The van der Waals surface area contributed by atoms with Gasteiger partial charge in [0.1, 0.15) is 5.82 Å². The molecular formula is C12H19N5. The highest BCUT2D eigenvalue weighted by Crippen LogP contribution is 2.38. The van der Waals surface area contributed by atoms with E-state index in [9.17, 15) is 0 Å². The van der Waals surface area contributed by atoms with Crippen LogP contribution in [0.25, 0.3) is 0 Å². The molecule has 2 aliphatic rings. The van der Waals surface area contributed by atoms with E-state index in [1.165, 1.54) is 38.5 Å². The number of hydrogen-bond acceptors (Lipinski definition) is 5. The summed E-state index contributed by atoms with van der Waals surface area (Å²) >= 11 is 0. The zero-order valence-electron chi connectivity index (χ0n) is 10.1. The van der Waals surface area contributed by atoms with E-state index in [0.29, 0.717) is 11.9 Å². The van der Waals surface area contributed by atoms with Crippen LogP contribution in [0.4, 0.5) is 11.9 Å². The molecule has 3 rings (SSSR count). The van der Waals surface area contributed by atoms with Crippen molar-refractivity contribution >= 4 is 11.9 Å². The topological polar surface area (TPSA) is 67.9 Å². The molecule has 1 saturated heterocycles. The SMILES string of the molecule is Nc1nc(C2CC2)nc(N2CCCCCC2)n1. The zero-order valence-corrected chi connectivity index (χ0v) is 10.1. The van der Waals surface area contributed by atoms with Crippen LogP contribution in [0.1, 0.15) is 50.3 Å². The van der Waals surface area contributed by atoms with Crippen LogP contribution in [-0.4, -0.2) is 28.0 Å². The van der Waals surface area contributed by atoms with Crippen molar-refractivity contribution in [3.63, 3.8) is 0 Å². The average molecular weight is 233 g/mol. The molecule has 1 aliphatic carbocycles. The van der Waals surface area contributed by atoms with E-state index in [4.69, 9.17) is 5.73 Å². The van der Waals surface area contributed by atoms with Crippen molar-refractivity contribution in [2.45, 2.75) is 44.4 Å². The fourth-order valence-electron chi connectivity index (χ4n) is 2.33. The second-order valence-electron chi connectivity index (χ2n) is 5.03. The number of anilines is 2. The Morgan fingerprint density at radius 3 is 2.29 bits per heavy atom. The van der Waals surface area contributed by atoms with Gasteiger partial charge in [-0.15, -0.1) is 0 Å². The fourth-order valence-corrected chi connectivity index (χ4v) is 2.33. The van der Waals surface area contributed by atoms with E-state index in [-0.39, 0.29) is 0 Å². The van der Waals surface area contributed by atoms with Gasteiger partial charge in [-0.1, -0.05) is 12.8 Å². The number of nitrogen functional groups attached to an aromatic ring is 1. The maximum atomic E-state index is 5.78. The Morgan fingerprint density at radius 1 is 0.941 bits per heavy atom. The molecule has 0 bridgehead atoms. The lowest BCUT2D eigenvalue weighted by atomic mass is 10.2. The Hall–Kier alpha value is -1.39. The van der Waals surface area contributed by atoms with Crippen LogP contribution in [0.2, 0.25) is 0 Å². The smallest absolute Gasteiger partial charge is 0.230 e. The van der Waals surface area contributed by atoms with E-state index in [1.54, 1.807) is 0 Å². The van der Waals surface area contributed by atoms with Gasteiger partial charge in [0, 0.05) is 19.0 Å². The van der Waals surface area contributed by atoms with Gasteiger partial charge in [-0.25, -0.2) is 0 Å². The molecule has 2 N–H and O–H groups in total. The van der Waals surface area contributed by atoms with E-state index in [1.807, 2.05) is 0 Å². The molecule has 0 radical (unpaired) electrons. The lowest BCUT2D eigenvalue weighted by Gasteiger charge is -2.20. The molecule has 2 heterocycles. The summed E-state index contributed by atoms with van der Waals surface area (Å²) in [4.78, 5) is 15.4. The van der Waals surface area contributed by atoms with Crippen molar-refractivity contribution in [3.05, 3.63) is 5.82 Å². The Bertz CT molecular complexity index is 394. The molecule has 17 heavy (non-hydrogen) atoms. The summed E-state index contributed by atoms with van der Waals surface area (Å²) in [5, 5.41) is 0. The van der Waals surface area contributed by atoms with Crippen LogP contribution in [-0.2, 0) is 0 Å². The maximum Gasteiger partial charge on any atom is 0.230 e. The lowest BCUT2D eigenvalue weighted by Crippen LogP contribution is -2.27. The molecule has 5 heteroatoms. The van der Waals surface area contributed by atoms with Crippen LogP contribution in [0, 0.1) is 0 Å². The van der Waals surface area contributed by atoms with Crippen LogP contribution in [0.5, 0.6) is 0 Å². The second kappa shape index (κ2) is 4.47. The van der Waals surface area contributed by atoms with Crippen molar-refractivity contribution in [1.29, 1.82) is 0 Å². The van der Waals surface area contributed by atoms with Gasteiger partial charge >= 0.3 is 0 Å². The molecular weight excluding hydrogens is 214 g/mol. The van der Waals surface area contributed by atoms with Gasteiger partial charge in [0.2, 0.25) is 11.9 Å². The Morgan fingerprint density at radius 2 is 1.65 bits per heavy atom. The maximum absolute atomic E-state index is 5.78. The first-order valence-corrected chi connectivity index (χ1v) is 6.59. The van der Waals surface area contributed by atoms with Crippen molar-refractivity contribution in [2.75, 3.05) is 23.7 Å². The number of aromatic nitrogens is 3. The van der Waals surface area contributed by atoms with Gasteiger partial charge in [-0.05, 0) is 25.7 Å². The van der Waals surface area contributed by atoms with Gasteiger partial charge in [-0.3, -0.25) is 0 Å². The highest BCUT2D eigenvalue weighted by atomic mass is 15.3. The van der Waals surface area contributed by atoms with E-state index in [2.05, 4.69) is 19.9 Å². The normalized spacial score (nSPS) is 21.3. The Kier molecular flexibility index (Phi) is 2.82. The summed E-state index contributed by atoms with van der Waals surface area (Å²) in [7, 11) is 0. The van der Waals surface area contributed by atoms with Crippen LogP contribution < -0.4 is 10.6 Å². The lowest BCUT2D eigenvalue weighted by molar-refractivity contribution is 0.726. The number of hydrogen-bond donors (Lipinski definition) is 1. The molecule has 2 fully saturated rings. The monoisotopic (exact) mass is 233 g/mol. The molecule has 1 saturated carbocycles. The summed E-state index contributed by atoms with van der Waals surface area (Å²) < 4.78 is 0. The fraction of sp³-hybridized carbons (Fsp3) is 0.750. The highest BCUT2D eigenvalue weighted by Gasteiger charge is 2.28. The first-order valence-electron chi connectivity index (χ1n) is 6.59. The molecule has 0 spiro atoms. The minimum atomic E-state index is 0.376. The summed E-state index contributed by atoms with van der Waals surface area (Å²) in [6.07, 6.45) is 7.47. The van der Waals surface area contributed by atoms with Crippen LogP contribution in [0.15, 0.2) is 0 Å². The summed E-state index contributed by atoms with van der Waals surface area (Å²) in [5.41, 5.74) is 5.78. The van der Waals surface area contributed by atoms with Gasteiger partial charge < -0.3 is 10.6 Å². The predicted molar refractivity (Wildman–Crippen MR) is 66.9 cm³/mol. The predicted octanol–water partition coefficient (Wildman–Crippen LogP) is 1.71. The number of rotatable bonds is 2. The van der Waals surface area contributed by atoms with E-state index >= 15 is 0 Å². The third-order valence-corrected chi connectivity index (χ3v) is 3.49. The van der Waals surface area contributed by atoms with Gasteiger partial charge in [0.05, 0.1) is 0 Å². The van der Waals surface area contributed by atoms with Gasteiger partial charge in [0.25, 0.3) is 0 Å². The van der Waals surface area contributed by atoms with Crippen molar-refractivity contribution < 1.29 is 0 Å². The van der Waals surface area contributed by atoms with Crippen LogP contribution >= 0.6 is 0 Å². The highest BCUT2D eigenvalue weighted by molar-refractivity contribution is 5.35. The van der Waals surface area contributed by atoms with Crippen molar-refractivity contribution in [2.24, 2.45) is 0 Å². The molecule has 1 aliphatic heterocycles. The number of nitrogens with zero attached hydrogens (tertiary/aromatic N) is 4. The molecule has 0 unspecified atom stereocenters. The minimum Gasteiger partial charge on any atom is -0.368 e. The van der Waals surface area contributed by atoms with Crippen molar-refractivity contribution in [1.82, 2.24) is 15.0 Å². The molecule has 0 amide bonds. The van der Waals surface area contributed by atoms with Crippen molar-refractivity contribution in [3.8, 4) is 0 Å². The Balaban J connectivity index is 1.84. The largest absolute Gasteiger partial charge is 0.368 e. The summed E-state index contributed by atoms with van der Waals surface area (Å²) in [6, 6.07) is 0. The minimum absolute atomic E-state index is 0.376. The Labute approximate surface area is 101 Å². The third kappa shape index (κ3) is 2.48. The number of nitrogens with two attached hydrogens (primary N) is 1. The molecule has 0 aromatic carbocycles. The standard InChI is InChI=1S/C12H19N5/c13-11-14-10(9-5-6-9)15-12(16-11)17-7-3-1-2-4-8-17/h9H,1-8H2,(H2,13,14,15,16).